The molecule has 2 amide bonds. The second kappa shape index (κ2) is 11.7. The van der Waals surface area contributed by atoms with Crippen LogP contribution in [0.2, 0.25) is 0 Å². The number of rotatable bonds is 9. The van der Waals surface area contributed by atoms with E-state index >= 15 is 0 Å². The van der Waals surface area contributed by atoms with Gasteiger partial charge in [0.05, 0.1) is 41.1 Å². The van der Waals surface area contributed by atoms with Crippen LogP contribution in [0, 0.1) is 39.9 Å². The highest BCUT2D eigenvalue weighted by Gasteiger charge is 2.53. The van der Waals surface area contributed by atoms with Crippen LogP contribution < -0.4 is 20.1 Å². The maximum Gasteiger partial charge on any atom is 0.395 e. The number of nitriles is 1. The molecule has 3 aliphatic rings. The van der Waals surface area contributed by atoms with E-state index in [4.69, 9.17) is 9.47 Å². The molecule has 0 radical (unpaired) electrons. The van der Waals surface area contributed by atoms with Crippen molar-refractivity contribution in [2.24, 2.45) is 28.6 Å². The lowest BCUT2D eigenvalue weighted by Gasteiger charge is -2.34. The fraction of sp³-hybridized carbons (Fsp3) is 0.667. The predicted molar refractivity (Wildman–Crippen MR) is 145 cm³/mol. The van der Waals surface area contributed by atoms with Crippen molar-refractivity contribution in [2.75, 3.05) is 13.7 Å². The number of hydrogen-bond acceptors (Lipinski definition) is 6. The van der Waals surface area contributed by atoms with E-state index < -0.39 is 53.3 Å². The number of hydrogen-bond donors (Lipinski definition) is 3. The molecule has 42 heavy (non-hydrogen) atoms. The van der Waals surface area contributed by atoms with Gasteiger partial charge in [0, 0.05) is 18.7 Å². The average molecular weight is 594 g/mol. The molecule has 0 spiro atoms. The van der Waals surface area contributed by atoms with Crippen molar-refractivity contribution in [1.29, 1.82) is 5.26 Å². The summed E-state index contributed by atoms with van der Waals surface area (Å²) in [6.07, 6.45) is -0.819. The number of amides is 2. The molecule has 3 saturated carbocycles. The molecular formula is C30H38F3N3O6. The monoisotopic (exact) mass is 593 g/mol. The standard InChI is InChI=1S/C30H38F3N3O6/c1-28(2,30(31,32)33)15-35-26(38)23-16-5-6-17(11-16)24(23)36-25(37)20-13-21(18(14-34)12-22(20)41-4)42-19-7-9-29(3,10-8-19)27(39)40/h12-13,16-17,19,23-24H,5-11,15H2,1-4H3,(H,35,38)(H,36,37)(H,39,40)/t16-,17+,19?,23-,24+,29?/m0/s1. The van der Waals surface area contributed by atoms with Crippen molar-refractivity contribution in [1.82, 2.24) is 10.6 Å². The fourth-order valence-electron chi connectivity index (χ4n) is 6.46. The van der Waals surface area contributed by atoms with Crippen LogP contribution in [0.5, 0.6) is 11.5 Å². The molecule has 0 heterocycles. The summed E-state index contributed by atoms with van der Waals surface area (Å²) in [6.45, 7) is 3.19. The minimum absolute atomic E-state index is 0.0104. The summed E-state index contributed by atoms with van der Waals surface area (Å²) in [6, 6.07) is 4.31. The summed E-state index contributed by atoms with van der Waals surface area (Å²) >= 11 is 0. The van der Waals surface area contributed by atoms with Gasteiger partial charge in [-0.05, 0) is 83.6 Å². The average Bonchev–Trinajstić information content (AvgIpc) is 3.54. The van der Waals surface area contributed by atoms with Crippen LogP contribution in [0.25, 0.3) is 0 Å². The number of alkyl halides is 3. The number of aliphatic carboxylic acids is 1. The van der Waals surface area contributed by atoms with Crippen molar-refractivity contribution in [3.63, 3.8) is 0 Å². The third-order valence-electron chi connectivity index (χ3n) is 9.50. The number of fused-ring (bicyclic) bond motifs is 2. The molecule has 12 heteroatoms. The van der Waals surface area contributed by atoms with E-state index in [0.29, 0.717) is 32.1 Å². The van der Waals surface area contributed by atoms with Gasteiger partial charge < -0.3 is 25.2 Å². The molecule has 230 valence electrons. The summed E-state index contributed by atoms with van der Waals surface area (Å²) in [4.78, 5) is 38.4. The first-order valence-electron chi connectivity index (χ1n) is 14.3. The number of benzene rings is 1. The summed E-state index contributed by atoms with van der Waals surface area (Å²) in [5, 5.41) is 24.7. The van der Waals surface area contributed by atoms with Crippen LogP contribution in [0.1, 0.15) is 81.6 Å². The number of ether oxygens (including phenoxy) is 2. The molecular weight excluding hydrogens is 555 g/mol. The van der Waals surface area contributed by atoms with Gasteiger partial charge in [-0.2, -0.15) is 18.4 Å². The Labute approximate surface area is 243 Å². The highest BCUT2D eigenvalue weighted by molar-refractivity contribution is 5.98. The van der Waals surface area contributed by atoms with Crippen LogP contribution in [0.3, 0.4) is 0 Å². The Morgan fingerprint density at radius 1 is 1.10 bits per heavy atom. The Hall–Kier alpha value is -3.49. The zero-order chi connectivity index (χ0) is 31.0. The van der Waals surface area contributed by atoms with Crippen molar-refractivity contribution in [2.45, 2.75) is 84.0 Å². The third-order valence-corrected chi connectivity index (χ3v) is 9.50. The lowest BCUT2D eigenvalue weighted by Crippen LogP contribution is -2.52. The maximum atomic E-state index is 13.6. The lowest BCUT2D eigenvalue weighted by molar-refractivity contribution is -0.209. The first-order valence-corrected chi connectivity index (χ1v) is 14.3. The normalized spacial score (nSPS) is 29.0. The van der Waals surface area contributed by atoms with Gasteiger partial charge in [0.15, 0.2) is 0 Å². The van der Waals surface area contributed by atoms with Gasteiger partial charge in [0.25, 0.3) is 5.91 Å². The van der Waals surface area contributed by atoms with Crippen molar-refractivity contribution < 1.29 is 42.1 Å². The molecule has 0 aliphatic heterocycles. The number of nitrogens with one attached hydrogen (secondary N) is 2. The van der Waals surface area contributed by atoms with Crippen LogP contribution in [0.4, 0.5) is 13.2 Å². The first-order chi connectivity index (χ1) is 19.6. The molecule has 0 aromatic heterocycles. The van der Waals surface area contributed by atoms with Crippen molar-refractivity contribution >= 4 is 17.8 Å². The molecule has 3 aliphatic carbocycles. The first kappa shape index (κ1) is 31.4. The minimum Gasteiger partial charge on any atom is -0.496 e. The van der Waals surface area contributed by atoms with Gasteiger partial charge in [-0.1, -0.05) is 0 Å². The second-order valence-corrected chi connectivity index (χ2v) is 12.8. The van der Waals surface area contributed by atoms with E-state index in [1.54, 1.807) is 6.92 Å². The van der Waals surface area contributed by atoms with Crippen LogP contribution in [-0.2, 0) is 9.59 Å². The zero-order valence-corrected chi connectivity index (χ0v) is 24.3. The maximum absolute atomic E-state index is 13.6. The highest BCUT2D eigenvalue weighted by Crippen LogP contribution is 2.49. The SMILES string of the molecule is COc1cc(C#N)c(OC2CCC(C)(C(=O)O)CC2)cc1C(=O)N[C@@H]1[C@@H]2CC[C@@H](C2)[C@@H]1C(=O)NCC(C)(C)C(F)(F)F. The van der Waals surface area contributed by atoms with E-state index in [0.717, 1.165) is 26.7 Å². The fourth-order valence-corrected chi connectivity index (χ4v) is 6.46. The molecule has 4 atom stereocenters. The quantitative estimate of drug-likeness (QED) is 0.373. The molecule has 4 rings (SSSR count). The molecule has 9 nitrogen and oxygen atoms in total. The van der Waals surface area contributed by atoms with Crippen molar-refractivity contribution in [3.8, 4) is 17.6 Å². The van der Waals surface area contributed by atoms with Gasteiger partial charge in [-0.25, -0.2) is 0 Å². The topological polar surface area (TPSA) is 138 Å². The highest BCUT2D eigenvalue weighted by atomic mass is 19.4. The Bertz CT molecular complexity index is 1270. The Morgan fingerprint density at radius 2 is 1.74 bits per heavy atom. The molecule has 0 saturated heterocycles. The van der Waals surface area contributed by atoms with Crippen LogP contribution >= 0.6 is 0 Å². The van der Waals surface area contributed by atoms with E-state index in [1.165, 1.54) is 19.2 Å². The van der Waals surface area contributed by atoms with E-state index in [1.807, 2.05) is 0 Å². The second-order valence-electron chi connectivity index (χ2n) is 12.8. The van der Waals surface area contributed by atoms with E-state index in [2.05, 4.69) is 16.7 Å². The molecule has 0 unspecified atom stereocenters. The smallest absolute Gasteiger partial charge is 0.395 e. The van der Waals surface area contributed by atoms with E-state index in [9.17, 15) is 37.9 Å². The van der Waals surface area contributed by atoms with Crippen LogP contribution in [-0.4, -0.2) is 54.9 Å². The number of carbonyl (C=O) groups is 3. The summed E-state index contributed by atoms with van der Waals surface area (Å²) < 4.78 is 51.5. The Balaban J connectivity index is 1.51. The minimum atomic E-state index is -4.48. The van der Waals surface area contributed by atoms with Gasteiger partial charge in [0.1, 0.15) is 17.6 Å². The van der Waals surface area contributed by atoms with Gasteiger partial charge in [-0.15, -0.1) is 0 Å². The number of carboxylic acid groups (broad SMARTS) is 1. The van der Waals surface area contributed by atoms with E-state index in [-0.39, 0.29) is 40.6 Å². The molecule has 3 N–H and O–H groups in total. The molecule has 1 aromatic rings. The van der Waals surface area contributed by atoms with Gasteiger partial charge >= 0.3 is 12.1 Å². The molecule has 3 fully saturated rings. The number of carboxylic acids is 1. The Kier molecular flexibility index (Phi) is 8.72. The summed E-state index contributed by atoms with van der Waals surface area (Å²) in [5.41, 5.74) is -2.69. The van der Waals surface area contributed by atoms with Crippen molar-refractivity contribution in [3.05, 3.63) is 23.3 Å². The largest absolute Gasteiger partial charge is 0.496 e. The van der Waals surface area contributed by atoms with Gasteiger partial charge in [-0.3, -0.25) is 14.4 Å². The predicted octanol–water partition coefficient (Wildman–Crippen LogP) is 4.83. The number of halogens is 3. The number of nitrogens with zero attached hydrogens (tertiary/aromatic N) is 1. The summed E-state index contributed by atoms with van der Waals surface area (Å²) in [5.74, 6) is -2.31. The summed E-state index contributed by atoms with van der Waals surface area (Å²) in [7, 11) is 1.36. The third kappa shape index (κ3) is 6.15. The van der Waals surface area contributed by atoms with Crippen LogP contribution in [0.15, 0.2) is 12.1 Å². The van der Waals surface area contributed by atoms with Gasteiger partial charge in [0.2, 0.25) is 5.91 Å². The lowest BCUT2D eigenvalue weighted by atomic mass is 9.75. The Morgan fingerprint density at radius 3 is 2.31 bits per heavy atom. The molecule has 2 bridgehead atoms. The molecule has 1 aromatic carbocycles. The number of carbonyl (C=O) groups excluding carboxylic acids is 2. The number of methoxy groups -OCH3 is 1. The zero-order valence-electron chi connectivity index (χ0n) is 24.3.